The van der Waals surface area contributed by atoms with Gasteiger partial charge in [-0.15, -0.1) is 0 Å². The summed E-state index contributed by atoms with van der Waals surface area (Å²) in [7, 11) is 0. The van der Waals surface area contributed by atoms with Gasteiger partial charge in [-0.1, -0.05) is 36.4 Å². The van der Waals surface area contributed by atoms with Gasteiger partial charge in [0.15, 0.2) is 0 Å². The SMILES string of the molecule is O=C(NOC1Cc2cccc3cccc1c23)C1CC1. The largest absolute Gasteiger partial charge is 0.272 e. The van der Waals surface area contributed by atoms with E-state index in [-0.39, 0.29) is 17.9 Å². The molecule has 2 aromatic rings. The molecule has 1 N–H and O–H groups in total. The third-order valence-electron chi connectivity index (χ3n) is 4.03. The summed E-state index contributed by atoms with van der Waals surface area (Å²) >= 11 is 0. The zero-order chi connectivity index (χ0) is 12.8. The molecule has 1 atom stereocenters. The topological polar surface area (TPSA) is 38.3 Å². The van der Waals surface area contributed by atoms with E-state index in [1.165, 1.54) is 21.9 Å². The van der Waals surface area contributed by atoms with Crippen LogP contribution < -0.4 is 5.48 Å². The second-order valence-electron chi connectivity index (χ2n) is 5.41. The second kappa shape index (κ2) is 4.07. The highest BCUT2D eigenvalue weighted by Crippen LogP contribution is 2.38. The maximum Gasteiger partial charge on any atom is 0.246 e. The number of hydrogen-bond donors (Lipinski definition) is 1. The van der Waals surface area contributed by atoms with Gasteiger partial charge in [-0.05, 0) is 34.7 Å². The van der Waals surface area contributed by atoms with Crippen LogP contribution in [-0.4, -0.2) is 5.91 Å². The number of rotatable bonds is 3. The lowest BCUT2D eigenvalue weighted by Gasteiger charge is -2.13. The Labute approximate surface area is 111 Å². The van der Waals surface area contributed by atoms with Crippen molar-refractivity contribution < 1.29 is 9.63 Å². The number of carbonyl (C=O) groups excluding carboxylic acids is 1. The Morgan fingerprint density at radius 1 is 1.16 bits per heavy atom. The van der Waals surface area contributed by atoms with Gasteiger partial charge >= 0.3 is 0 Å². The van der Waals surface area contributed by atoms with Gasteiger partial charge in [-0.3, -0.25) is 9.63 Å². The molecule has 1 saturated carbocycles. The van der Waals surface area contributed by atoms with Crippen molar-refractivity contribution in [2.45, 2.75) is 25.4 Å². The van der Waals surface area contributed by atoms with E-state index in [1.54, 1.807) is 0 Å². The van der Waals surface area contributed by atoms with Crippen molar-refractivity contribution in [2.75, 3.05) is 0 Å². The summed E-state index contributed by atoms with van der Waals surface area (Å²) < 4.78 is 0. The van der Waals surface area contributed by atoms with Crippen molar-refractivity contribution in [2.24, 2.45) is 5.92 Å². The van der Waals surface area contributed by atoms with E-state index in [9.17, 15) is 4.79 Å². The highest BCUT2D eigenvalue weighted by Gasteiger charge is 2.31. The number of nitrogens with one attached hydrogen (secondary N) is 1. The molecule has 2 aliphatic rings. The van der Waals surface area contributed by atoms with Crippen LogP contribution in [0, 0.1) is 5.92 Å². The zero-order valence-electron chi connectivity index (χ0n) is 10.6. The van der Waals surface area contributed by atoms with E-state index in [0.29, 0.717) is 0 Å². The Hall–Kier alpha value is -1.87. The molecule has 3 nitrogen and oxygen atoms in total. The summed E-state index contributed by atoms with van der Waals surface area (Å²) in [6.07, 6.45) is 2.77. The van der Waals surface area contributed by atoms with Gasteiger partial charge in [0, 0.05) is 12.3 Å². The molecule has 0 spiro atoms. The first-order chi connectivity index (χ1) is 9.33. The lowest BCUT2D eigenvalue weighted by molar-refractivity contribution is -0.139. The summed E-state index contributed by atoms with van der Waals surface area (Å²) in [5, 5.41) is 2.53. The summed E-state index contributed by atoms with van der Waals surface area (Å²) in [6, 6.07) is 12.6. The zero-order valence-corrected chi connectivity index (χ0v) is 10.6. The van der Waals surface area contributed by atoms with Gasteiger partial charge in [-0.2, -0.15) is 0 Å². The van der Waals surface area contributed by atoms with Gasteiger partial charge < -0.3 is 0 Å². The monoisotopic (exact) mass is 253 g/mol. The van der Waals surface area contributed by atoms with Crippen LogP contribution in [0.25, 0.3) is 10.8 Å². The molecule has 0 bridgehead atoms. The minimum atomic E-state index is -0.0520. The maximum absolute atomic E-state index is 11.6. The smallest absolute Gasteiger partial charge is 0.246 e. The predicted octanol–water partition coefficient (Wildman–Crippen LogP) is 2.89. The summed E-state index contributed by atoms with van der Waals surface area (Å²) in [6.45, 7) is 0. The van der Waals surface area contributed by atoms with Gasteiger partial charge in [-0.25, -0.2) is 5.48 Å². The number of carbonyl (C=O) groups is 1. The summed E-state index contributed by atoms with van der Waals surface area (Å²) in [5.74, 6) is 0.211. The molecule has 3 heteroatoms. The fraction of sp³-hybridized carbons (Fsp3) is 0.312. The van der Waals surface area contributed by atoms with Crippen LogP contribution in [0.3, 0.4) is 0 Å². The molecule has 0 heterocycles. The molecule has 0 radical (unpaired) electrons. The van der Waals surface area contributed by atoms with E-state index < -0.39 is 0 Å². The van der Waals surface area contributed by atoms with Crippen molar-refractivity contribution in [1.29, 1.82) is 0 Å². The molecular formula is C16H15NO2. The van der Waals surface area contributed by atoms with Gasteiger partial charge in [0.1, 0.15) is 6.10 Å². The van der Waals surface area contributed by atoms with Crippen molar-refractivity contribution in [3.05, 3.63) is 47.5 Å². The lowest BCUT2D eigenvalue weighted by atomic mass is 10.1. The minimum Gasteiger partial charge on any atom is -0.272 e. The molecule has 19 heavy (non-hydrogen) atoms. The lowest BCUT2D eigenvalue weighted by Crippen LogP contribution is -2.27. The molecule has 96 valence electrons. The van der Waals surface area contributed by atoms with Gasteiger partial charge in [0.25, 0.3) is 0 Å². The average Bonchev–Trinajstić information content (AvgIpc) is 3.22. The predicted molar refractivity (Wildman–Crippen MR) is 72.3 cm³/mol. The van der Waals surface area contributed by atoms with E-state index in [0.717, 1.165) is 19.3 Å². The Balaban J connectivity index is 1.60. The molecule has 2 aromatic carbocycles. The maximum atomic E-state index is 11.6. The standard InChI is InChI=1S/C16H15NO2/c18-16(11-7-8-11)17-19-14-9-12-5-1-3-10-4-2-6-13(14)15(10)12/h1-6,11,14H,7-9H2,(H,17,18). The highest BCUT2D eigenvalue weighted by molar-refractivity contribution is 5.91. The normalized spacial score (nSPS) is 20.7. The van der Waals surface area contributed by atoms with Gasteiger partial charge in [0.05, 0.1) is 0 Å². The third kappa shape index (κ3) is 1.81. The Kier molecular flexibility index (Phi) is 2.35. The van der Waals surface area contributed by atoms with Crippen molar-refractivity contribution in [1.82, 2.24) is 5.48 Å². The second-order valence-corrected chi connectivity index (χ2v) is 5.41. The molecule has 0 aliphatic heterocycles. The van der Waals surface area contributed by atoms with Crippen LogP contribution in [0.15, 0.2) is 36.4 Å². The van der Waals surface area contributed by atoms with E-state index in [1.807, 2.05) is 6.07 Å². The van der Waals surface area contributed by atoms with Crippen LogP contribution >= 0.6 is 0 Å². The Morgan fingerprint density at radius 3 is 2.74 bits per heavy atom. The van der Waals surface area contributed by atoms with Crippen molar-refractivity contribution in [3.63, 3.8) is 0 Å². The van der Waals surface area contributed by atoms with Crippen molar-refractivity contribution in [3.8, 4) is 0 Å². The van der Waals surface area contributed by atoms with Crippen LogP contribution in [-0.2, 0) is 16.1 Å². The van der Waals surface area contributed by atoms with E-state index >= 15 is 0 Å². The Morgan fingerprint density at radius 2 is 1.95 bits per heavy atom. The van der Waals surface area contributed by atoms with Crippen molar-refractivity contribution >= 4 is 16.7 Å². The number of benzene rings is 2. The average molecular weight is 253 g/mol. The van der Waals surface area contributed by atoms with Crippen LogP contribution in [0.2, 0.25) is 0 Å². The molecule has 4 rings (SSSR count). The first-order valence-corrected chi connectivity index (χ1v) is 6.79. The van der Waals surface area contributed by atoms with Crippen LogP contribution in [0.1, 0.15) is 30.1 Å². The number of amides is 1. The molecule has 1 amide bonds. The molecular weight excluding hydrogens is 238 g/mol. The summed E-state index contributed by atoms with van der Waals surface area (Å²) in [5.41, 5.74) is 5.11. The quantitative estimate of drug-likeness (QED) is 0.854. The number of hydrogen-bond acceptors (Lipinski definition) is 2. The van der Waals surface area contributed by atoms with E-state index in [2.05, 4.69) is 35.8 Å². The molecule has 1 fully saturated rings. The highest BCUT2D eigenvalue weighted by atomic mass is 16.7. The molecule has 0 aromatic heterocycles. The molecule has 1 unspecified atom stereocenters. The van der Waals surface area contributed by atoms with Crippen LogP contribution in [0.4, 0.5) is 0 Å². The Bertz CT molecular complexity index is 656. The number of hydroxylamine groups is 1. The first kappa shape index (κ1) is 11.0. The van der Waals surface area contributed by atoms with Gasteiger partial charge in [0.2, 0.25) is 5.91 Å². The minimum absolute atomic E-state index is 0.0307. The molecule has 0 saturated heterocycles. The van der Waals surface area contributed by atoms with E-state index in [4.69, 9.17) is 4.84 Å². The fourth-order valence-electron chi connectivity index (χ4n) is 2.86. The summed E-state index contributed by atoms with van der Waals surface area (Å²) in [4.78, 5) is 17.3. The third-order valence-corrected chi connectivity index (χ3v) is 4.03. The first-order valence-electron chi connectivity index (χ1n) is 6.79. The van der Waals surface area contributed by atoms with Crippen LogP contribution in [0.5, 0.6) is 0 Å². The fourth-order valence-corrected chi connectivity index (χ4v) is 2.86. The molecule has 2 aliphatic carbocycles.